The molecule has 0 spiro atoms. The fourth-order valence-corrected chi connectivity index (χ4v) is 6.58. The molecule has 2 aromatic carbocycles. The molecule has 0 bridgehead atoms. The minimum absolute atomic E-state index is 0.000595. The van der Waals surface area contributed by atoms with Gasteiger partial charge in [-0.3, -0.25) is 14.5 Å². The predicted octanol–water partition coefficient (Wildman–Crippen LogP) is 4.47. The van der Waals surface area contributed by atoms with Crippen LogP contribution in [0.1, 0.15) is 44.1 Å². The lowest BCUT2D eigenvalue weighted by Gasteiger charge is -2.42. The molecule has 0 aliphatic carbocycles. The van der Waals surface area contributed by atoms with Crippen LogP contribution in [0.2, 0.25) is 0 Å². The van der Waals surface area contributed by atoms with Crippen molar-refractivity contribution in [3.63, 3.8) is 0 Å². The van der Waals surface area contributed by atoms with E-state index in [0.717, 1.165) is 43.6 Å². The molecule has 0 unspecified atom stereocenters. The van der Waals surface area contributed by atoms with Gasteiger partial charge in [0.2, 0.25) is 0 Å². The van der Waals surface area contributed by atoms with E-state index in [4.69, 9.17) is 0 Å². The molecule has 2 aliphatic rings. The Morgan fingerprint density at radius 3 is 2.22 bits per heavy atom. The van der Waals surface area contributed by atoms with Gasteiger partial charge in [0.1, 0.15) is 20.9 Å². The number of carbonyl (C=O) groups excluding carboxylic acids is 2. The van der Waals surface area contributed by atoms with E-state index in [9.17, 15) is 22.8 Å². The summed E-state index contributed by atoms with van der Waals surface area (Å²) in [6.45, 7) is 5.77. The first kappa shape index (κ1) is 27.3. The van der Waals surface area contributed by atoms with Gasteiger partial charge in [-0.05, 0) is 50.1 Å². The maximum absolute atomic E-state index is 13.3. The number of piperidine rings is 1. The molecule has 0 atom stereocenters. The second-order valence-electron chi connectivity index (χ2n) is 10.4. The monoisotopic (exact) mass is 583 g/mol. The molecule has 1 N–H and O–H groups in total. The van der Waals surface area contributed by atoms with Crippen LogP contribution in [0.15, 0.2) is 42.5 Å². The van der Waals surface area contributed by atoms with Crippen molar-refractivity contribution < 1.29 is 22.8 Å². The molecule has 2 fully saturated rings. The topological polar surface area (TPSA) is 98.3 Å². The van der Waals surface area contributed by atoms with Gasteiger partial charge >= 0.3 is 6.18 Å². The largest absolute Gasteiger partial charge is 0.416 e. The van der Waals surface area contributed by atoms with Gasteiger partial charge in [0.05, 0.1) is 11.3 Å². The molecule has 6 rings (SSSR count). The highest BCUT2D eigenvalue weighted by Crippen LogP contribution is 2.33. The summed E-state index contributed by atoms with van der Waals surface area (Å²) in [5.41, 5.74) is 2.42. The number of hydrogen-bond donors (Lipinski definition) is 1. The molecule has 9 nitrogen and oxygen atoms in total. The molecule has 4 heterocycles. The summed E-state index contributed by atoms with van der Waals surface area (Å²) < 4.78 is 38.7. The number of carbonyl (C=O) groups is 2. The number of amides is 2. The van der Waals surface area contributed by atoms with Crippen molar-refractivity contribution >= 4 is 34.2 Å². The molecule has 41 heavy (non-hydrogen) atoms. The number of piperazine rings is 1. The molecule has 2 saturated heterocycles. The molecule has 2 amide bonds. The van der Waals surface area contributed by atoms with Gasteiger partial charge in [0.25, 0.3) is 11.8 Å². The van der Waals surface area contributed by atoms with Crippen molar-refractivity contribution in [2.75, 3.05) is 39.3 Å². The van der Waals surface area contributed by atoms with Gasteiger partial charge in [0, 0.05) is 56.4 Å². The van der Waals surface area contributed by atoms with Gasteiger partial charge in [0.15, 0.2) is 0 Å². The standard InChI is InChI=1S/C28H28F3N7O2S/c1-17-24(41-25(32-17)18-2-5-20(6-3-18)28(29,30)31)27(40)38-14-12-36(13-15-38)21-8-10-37(11-9-21)26(39)19-4-7-22-23(16-19)34-35-33-22/h2-7,16,21H,8-15H2,1H3,(H,33,34,35). The van der Waals surface area contributed by atoms with E-state index < -0.39 is 11.7 Å². The summed E-state index contributed by atoms with van der Waals surface area (Å²) in [4.78, 5) is 37.5. The van der Waals surface area contributed by atoms with Gasteiger partial charge < -0.3 is 9.80 Å². The highest BCUT2D eigenvalue weighted by atomic mass is 32.1. The average Bonchev–Trinajstić information content (AvgIpc) is 3.62. The number of benzene rings is 2. The number of H-pyrrole nitrogens is 1. The smallest absolute Gasteiger partial charge is 0.339 e. The molecule has 214 valence electrons. The number of hydrogen-bond acceptors (Lipinski definition) is 7. The first-order chi connectivity index (χ1) is 19.7. The Hall–Kier alpha value is -3.84. The molecule has 0 radical (unpaired) electrons. The van der Waals surface area contributed by atoms with E-state index >= 15 is 0 Å². The maximum atomic E-state index is 13.3. The molecule has 13 heteroatoms. The third-order valence-electron chi connectivity index (χ3n) is 7.88. The van der Waals surface area contributed by atoms with Gasteiger partial charge in [-0.25, -0.2) is 4.98 Å². The van der Waals surface area contributed by atoms with Crippen molar-refractivity contribution in [2.45, 2.75) is 32.0 Å². The number of aromatic amines is 1. The summed E-state index contributed by atoms with van der Waals surface area (Å²) in [6, 6.07) is 10.5. The maximum Gasteiger partial charge on any atom is 0.416 e. The summed E-state index contributed by atoms with van der Waals surface area (Å²) in [5, 5.41) is 11.2. The molecule has 0 saturated carbocycles. The van der Waals surface area contributed by atoms with Gasteiger partial charge in [-0.2, -0.15) is 28.6 Å². The number of fused-ring (bicyclic) bond motifs is 1. The number of nitrogens with zero attached hydrogens (tertiary/aromatic N) is 6. The SMILES string of the molecule is Cc1nc(-c2ccc(C(F)(F)F)cc2)sc1C(=O)N1CCN(C2CCN(C(=O)c3ccc4n[nH]nc4c3)CC2)CC1. The fourth-order valence-electron chi connectivity index (χ4n) is 5.54. The summed E-state index contributed by atoms with van der Waals surface area (Å²) in [7, 11) is 0. The summed E-state index contributed by atoms with van der Waals surface area (Å²) in [5.74, 6) is -0.0957. The van der Waals surface area contributed by atoms with E-state index in [-0.39, 0.29) is 11.8 Å². The molecule has 2 aromatic heterocycles. The minimum Gasteiger partial charge on any atom is -0.339 e. The molecule has 4 aromatic rings. The van der Waals surface area contributed by atoms with Crippen LogP contribution < -0.4 is 0 Å². The van der Waals surface area contributed by atoms with Crippen LogP contribution >= 0.6 is 11.3 Å². The number of thiazole rings is 1. The third kappa shape index (κ3) is 5.55. The Balaban J connectivity index is 1.02. The normalized spacial score (nSPS) is 17.4. The lowest BCUT2D eigenvalue weighted by Crippen LogP contribution is -2.54. The Kier molecular flexibility index (Phi) is 7.24. The van der Waals surface area contributed by atoms with E-state index in [1.807, 2.05) is 9.80 Å². The van der Waals surface area contributed by atoms with Crippen LogP contribution in [0.3, 0.4) is 0 Å². The Labute approximate surface area is 238 Å². The molecular weight excluding hydrogens is 555 g/mol. The average molecular weight is 584 g/mol. The van der Waals surface area contributed by atoms with Crippen molar-refractivity contribution in [2.24, 2.45) is 0 Å². The highest BCUT2D eigenvalue weighted by Gasteiger charge is 2.32. The van der Waals surface area contributed by atoms with Crippen molar-refractivity contribution in [3.8, 4) is 10.6 Å². The predicted molar refractivity (Wildman–Crippen MR) is 148 cm³/mol. The zero-order valence-electron chi connectivity index (χ0n) is 22.3. The van der Waals surface area contributed by atoms with Crippen LogP contribution in [0.4, 0.5) is 13.2 Å². The number of alkyl halides is 3. The number of halogens is 3. The lowest BCUT2D eigenvalue weighted by molar-refractivity contribution is -0.137. The van der Waals surface area contributed by atoms with Gasteiger partial charge in [-0.15, -0.1) is 11.3 Å². The van der Waals surface area contributed by atoms with Crippen LogP contribution in [-0.2, 0) is 6.18 Å². The quantitative estimate of drug-likeness (QED) is 0.381. The highest BCUT2D eigenvalue weighted by molar-refractivity contribution is 7.17. The second-order valence-corrected chi connectivity index (χ2v) is 11.4. The van der Waals surface area contributed by atoms with Crippen LogP contribution in [0, 0.1) is 6.92 Å². The Morgan fingerprint density at radius 1 is 0.878 bits per heavy atom. The zero-order chi connectivity index (χ0) is 28.7. The van der Waals surface area contributed by atoms with E-state index in [1.165, 1.54) is 23.5 Å². The van der Waals surface area contributed by atoms with Gasteiger partial charge in [-0.1, -0.05) is 12.1 Å². The van der Waals surface area contributed by atoms with Crippen LogP contribution in [0.25, 0.3) is 21.6 Å². The van der Waals surface area contributed by atoms with E-state index in [2.05, 4.69) is 25.3 Å². The number of likely N-dealkylation sites (tertiary alicyclic amines) is 1. The number of aryl methyl sites for hydroxylation is 1. The number of aromatic nitrogens is 4. The summed E-state index contributed by atoms with van der Waals surface area (Å²) >= 11 is 1.21. The third-order valence-corrected chi connectivity index (χ3v) is 9.08. The molecule has 2 aliphatic heterocycles. The van der Waals surface area contributed by atoms with E-state index in [1.54, 1.807) is 25.1 Å². The Bertz CT molecular complexity index is 1570. The first-order valence-electron chi connectivity index (χ1n) is 13.5. The fraction of sp³-hybridized carbons (Fsp3) is 0.393. The number of nitrogens with one attached hydrogen (secondary N) is 1. The second kappa shape index (κ2) is 10.9. The van der Waals surface area contributed by atoms with E-state index in [0.29, 0.717) is 64.4 Å². The van der Waals surface area contributed by atoms with Crippen LogP contribution in [0.5, 0.6) is 0 Å². The summed E-state index contributed by atoms with van der Waals surface area (Å²) in [6.07, 6.45) is -2.66. The molecular formula is C28H28F3N7O2S. The lowest BCUT2D eigenvalue weighted by atomic mass is 10.0. The van der Waals surface area contributed by atoms with Crippen molar-refractivity contribution in [3.05, 3.63) is 64.2 Å². The Morgan fingerprint density at radius 2 is 1.54 bits per heavy atom. The first-order valence-corrected chi connectivity index (χ1v) is 14.3. The van der Waals surface area contributed by atoms with Crippen LogP contribution in [-0.4, -0.2) is 92.2 Å². The van der Waals surface area contributed by atoms with Crippen molar-refractivity contribution in [1.82, 2.24) is 35.1 Å². The zero-order valence-corrected chi connectivity index (χ0v) is 23.1. The number of rotatable bonds is 4. The van der Waals surface area contributed by atoms with Crippen molar-refractivity contribution in [1.29, 1.82) is 0 Å². The minimum atomic E-state index is -4.40.